The summed E-state index contributed by atoms with van der Waals surface area (Å²) in [5, 5.41) is 8.79. The maximum Gasteiger partial charge on any atom is 0.223 e. The van der Waals surface area contributed by atoms with Crippen LogP contribution in [0.15, 0.2) is 0 Å². The van der Waals surface area contributed by atoms with E-state index in [2.05, 4.69) is 0 Å². The number of rotatable bonds is 7. The summed E-state index contributed by atoms with van der Waals surface area (Å²) in [7, 11) is 3.90. The fraction of sp³-hybridized carbons (Fsp3) is 0.900. The molecular weight excluding hydrogens is 180 g/mol. The highest BCUT2D eigenvalue weighted by molar-refractivity contribution is 5.76. The third-order valence-corrected chi connectivity index (χ3v) is 1.99. The van der Waals surface area contributed by atoms with Gasteiger partial charge < -0.3 is 14.9 Å². The highest BCUT2D eigenvalue weighted by Crippen LogP contribution is 1.97. The number of aliphatic hydroxyl groups is 1. The zero-order chi connectivity index (χ0) is 11.0. The first kappa shape index (κ1) is 13.4. The lowest BCUT2D eigenvalue weighted by atomic mass is 10.3. The second kappa shape index (κ2) is 7.76. The predicted molar refractivity (Wildman–Crippen MR) is 57.1 cm³/mol. The molecule has 0 spiro atoms. The lowest BCUT2D eigenvalue weighted by Gasteiger charge is -2.21. The van der Waals surface area contributed by atoms with Gasteiger partial charge in [-0.3, -0.25) is 4.79 Å². The summed E-state index contributed by atoms with van der Waals surface area (Å²) in [5.74, 6) is 0.134. The Balaban J connectivity index is 3.88. The van der Waals surface area contributed by atoms with Crippen molar-refractivity contribution in [3.63, 3.8) is 0 Å². The molecule has 1 amide bonds. The van der Waals surface area contributed by atoms with Crippen molar-refractivity contribution in [2.45, 2.75) is 19.8 Å². The van der Waals surface area contributed by atoms with Crippen LogP contribution in [-0.4, -0.2) is 61.2 Å². The van der Waals surface area contributed by atoms with Gasteiger partial charge in [0.1, 0.15) is 0 Å². The molecule has 14 heavy (non-hydrogen) atoms. The lowest BCUT2D eigenvalue weighted by molar-refractivity contribution is -0.132. The van der Waals surface area contributed by atoms with Crippen LogP contribution in [-0.2, 0) is 4.79 Å². The van der Waals surface area contributed by atoms with E-state index in [1.807, 2.05) is 25.9 Å². The van der Waals surface area contributed by atoms with Gasteiger partial charge in [0.25, 0.3) is 0 Å². The summed E-state index contributed by atoms with van der Waals surface area (Å²) in [4.78, 5) is 15.3. The van der Waals surface area contributed by atoms with Gasteiger partial charge in [-0.15, -0.1) is 0 Å². The summed E-state index contributed by atoms with van der Waals surface area (Å²) in [6.45, 7) is 4.05. The van der Waals surface area contributed by atoms with Crippen molar-refractivity contribution >= 4 is 5.91 Å². The third-order valence-electron chi connectivity index (χ3n) is 1.99. The maximum atomic E-state index is 11.6. The average molecular weight is 202 g/mol. The second-order valence-corrected chi connectivity index (χ2v) is 3.66. The van der Waals surface area contributed by atoms with Crippen molar-refractivity contribution < 1.29 is 9.90 Å². The molecule has 0 atom stereocenters. The van der Waals surface area contributed by atoms with Crippen LogP contribution >= 0.6 is 0 Å². The molecular formula is C10H22N2O2. The first-order valence-electron chi connectivity index (χ1n) is 5.15. The molecule has 0 aromatic rings. The minimum absolute atomic E-state index is 0.0493. The number of aliphatic hydroxyl groups excluding tert-OH is 1. The largest absolute Gasteiger partial charge is 0.395 e. The molecule has 1 N–H and O–H groups in total. The summed E-state index contributed by atoms with van der Waals surface area (Å²) < 4.78 is 0. The van der Waals surface area contributed by atoms with Crippen LogP contribution < -0.4 is 0 Å². The van der Waals surface area contributed by atoms with E-state index in [1.165, 1.54) is 0 Å². The van der Waals surface area contributed by atoms with Crippen molar-refractivity contribution in [3.05, 3.63) is 0 Å². The molecule has 0 aliphatic carbocycles. The van der Waals surface area contributed by atoms with Crippen LogP contribution in [0.25, 0.3) is 0 Å². The Morgan fingerprint density at radius 3 is 2.29 bits per heavy atom. The van der Waals surface area contributed by atoms with Gasteiger partial charge >= 0.3 is 0 Å². The number of hydrogen-bond acceptors (Lipinski definition) is 3. The first-order valence-corrected chi connectivity index (χ1v) is 5.15. The molecule has 0 radical (unpaired) electrons. The zero-order valence-electron chi connectivity index (χ0n) is 9.49. The molecule has 0 aromatic heterocycles. The number of amides is 1. The third kappa shape index (κ3) is 5.94. The Kier molecular flexibility index (Phi) is 7.42. The number of carbonyl (C=O) groups excluding carboxylic acids is 1. The van der Waals surface area contributed by atoms with Gasteiger partial charge in [0.15, 0.2) is 0 Å². The van der Waals surface area contributed by atoms with Crippen molar-refractivity contribution in [1.29, 1.82) is 0 Å². The van der Waals surface area contributed by atoms with Gasteiger partial charge in [-0.25, -0.2) is 0 Å². The van der Waals surface area contributed by atoms with E-state index in [-0.39, 0.29) is 12.5 Å². The molecule has 0 saturated carbocycles. The standard InChI is InChI=1S/C10H22N2O2/c1-4-6-12(8-9-13)10(14)5-7-11(2)3/h13H,4-9H2,1-3H3. The number of carbonyl (C=O) groups is 1. The SMILES string of the molecule is CCCN(CCO)C(=O)CCN(C)C. The topological polar surface area (TPSA) is 43.8 Å². The van der Waals surface area contributed by atoms with E-state index in [1.54, 1.807) is 4.90 Å². The van der Waals surface area contributed by atoms with Gasteiger partial charge in [0.2, 0.25) is 5.91 Å². The van der Waals surface area contributed by atoms with E-state index in [0.29, 0.717) is 13.0 Å². The molecule has 0 heterocycles. The molecule has 84 valence electrons. The molecule has 0 fully saturated rings. The van der Waals surface area contributed by atoms with Gasteiger partial charge in [0.05, 0.1) is 6.61 Å². The number of hydrogen-bond donors (Lipinski definition) is 1. The van der Waals surface area contributed by atoms with Crippen molar-refractivity contribution in [3.8, 4) is 0 Å². The van der Waals surface area contributed by atoms with E-state index in [4.69, 9.17) is 5.11 Å². The Hall–Kier alpha value is -0.610. The van der Waals surface area contributed by atoms with Gasteiger partial charge in [-0.2, -0.15) is 0 Å². The fourth-order valence-corrected chi connectivity index (χ4v) is 1.23. The summed E-state index contributed by atoms with van der Waals surface area (Å²) >= 11 is 0. The van der Waals surface area contributed by atoms with Crippen LogP contribution in [0.5, 0.6) is 0 Å². The minimum atomic E-state index is 0.0493. The average Bonchev–Trinajstić information content (AvgIpc) is 2.14. The monoisotopic (exact) mass is 202 g/mol. The van der Waals surface area contributed by atoms with Crippen LogP contribution in [0.2, 0.25) is 0 Å². The van der Waals surface area contributed by atoms with Crippen LogP contribution in [0.3, 0.4) is 0 Å². The van der Waals surface area contributed by atoms with Gasteiger partial charge in [-0.1, -0.05) is 6.92 Å². The van der Waals surface area contributed by atoms with Crippen LogP contribution in [0.4, 0.5) is 0 Å². The Morgan fingerprint density at radius 2 is 1.86 bits per heavy atom. The van der Waals surface area contributed by atoms with E-state index in [9.17, 15) is 4.79 Å². The Labute approximate surface area is 86.5 Å². The normalized spacial score (nSPS) is 10.6. The highest BCUT2D eigenvalue weighted by Gasteiger charge is 2.11. The molecule has 4 nitrogen and oxygen atoms in total. The summed E-state index contributed by atoms with van der Waals surface area (Å²) in [6, 6.07) is 0. The minimum Gasteiger partial charge on any atom is -0.395 e. The van der Waals surface area contributed by atoms with Gasteiger partial charge in [0, 0.05) is 26.1 Å². The molecule has 0 rings (SSSR count). The maximum absolute atomic E-state index is 11.6. The Bertz CT molecular complexity index is 154. The van der Waals surface area contributed by atoms with Crippen molar-refractivity contribution in [2.24, 2.45) is 0 Å². The molecule has 4 heteroatoms. The van der Waals surface area contributed by atoms with Crippen molar-refractivity contribution in [2.75, 3.05) is 40.3 Å². The molecule has 0 aromatic carbocycles. The van der Waals surface area contributed by atoms with Crippen molar-refractivity contribution in [1.82, 2.24) is 9.80 Å². The summed E-state index contributed by atoms with van der Waals surface area (Å²) in [5.41, 5.74) is 0. The Morgan fingerprint density at radius 1 is 1.21 bits per heavy atom. The van der Waals surface area contributed by atoms with E-state index in [0.717, 1.165) is 19.5 Å². The predicted octanol–water partition coefficient (Wildman–Crippen LogP) is 0.169. The lowest BCUT2D eigenvalue weighted by Crippen LogP contribution is -2.35. The second-order valence-electron chi connectivity index (χ2n) is 3.66. The van der Waals surface area contributed by atoms with Crippen LogP contribution in [0, 0.1) is 0 Å². The zero-order valence-corrected chi connectivity index (χ0v) is 9.49. The highest BCUT2D eigenvalue weighted by atomic mass is 16.3. The molecule has 0 aliphatic heterocycles. The van der Waals surface area contributed by atoms with Crippen LogP contribution in [0.1, 0.15) is 19.8 Å². The first-order chi connectivity index (χ1) is 6.61. The van der Waals surface area contributed by atoms with E-state index >= 15 is 0 Å². The number of nitrogens with zero attached hydrogens (tertiary/aromatic N) is 2. The van der Waals surface area contributed by atoms with Gasteiger partial charge in [-0.05, 0) is 20.5 Å². The molecule has 0 bridgehead atoms. The molecule has 0 unspecified atom stereocenters. The smallest absolute Gasteiger partial charge is 0.223 e. The molecule has 0 aliphatic rings. The quantitative estimate of drug-likeness (QED) is 0.640. The van der Waals surface area contributed by atoms with E-state index < -0.39 is 0 Å². The fourth-order valence-electron chi connectivity index (χ4n) is 1.23. The summed E-state index contributed by atoms with van der Waals surface area (Å²) in [6.07, 6.45) is 1.47. The molecule has 0 saturated heterocycles.